The lowest BCUT2D eigenvalue weighted by Gasteiger charge is -2.32. The van der Waals surface area contributed by atoms with Crippen LogP contribution in [0.3, 0.4) is 0 Å². The summed E-state index contributed by atoms with van der Waals surface area (Å²) in [6.45, 7) is 10.4. The number of fused-ring (bicyclic) bond motifs is 1. The van der Waals surface area contributed by atoms with E-state index < -0.39 is 11.7 Å². The summed E-state index contributed by atoms with van der Waals surface area (Å²) < 4.78 is 5.13. The van der Waals surface area contributed by atoms with Crippen molar-refractivity contribution in [2.24, 2.45) is 0 Å². The highest BCUT2D eigenvalue weighted by Crippen LogP contribution is 2.24. The van der Waals surface area contributed by atoms with Gasteiger partial charge in [0.2, 0.25) is 5.91 Å². The molecule has 0 saturated carbocycles. The summed E-state index contributed by atoms with van der Waals surface area (Å²) in [7, 11) is 0. The molecule has 0 spiro atoms. The van der Waals surface area contributed by atoms with Gasteiger partial charge in [0.1, 0.15) is 5.60 Å². The molecule has 25 heavy (non-hydrogen) atoms. The van der Waals surface area contributed by atoms with Gasteiger partial charge in [0.25, 0.3) is 0 Å². The third-order valence-corrected chi connectivity index (χ3v) is 5.10. The molecule has 2 heterocycles. The number of nitrogens with one attached hydrogen (secondary N) is 2. The van der Waals surface area contributed by atoms with Crippen molar-refractivity contribution in [3.05, 3.63) is 21.9 Å². The van der Waals surface area contributed by atoms with Crippen molar-refractivity contribution in [2.45, 2.75) is 58.7 Å². The quantitative estimate of drug-likeness (QED) is 0.811. The maximum atomic E-state index is 11.9. The fraction of sp³-hybridized carbons (Fsp3) is 0.667. The van der Waals surface area contributed by atoms with E-state index in [0.29, 0.717) is 6.54 Å². The first-order valence-corrected chi connectivity index (χ1v) is 9.65. The van der Waals surface area contributed by atoms with Gasteiger partial charge in [-0.3, -0.25) is 9.69 Å². The lowest BCUT2D eigenvalue weighted by Crippen LogP contribution is -2.44. The van der Waals surface area contributed by atoms with Crippen LogP contribution in [0.5, 0.6) is 0 Å². The van der Waals surface area contributed by atoms with E-state index in [1.54, 1.807) is 20.8 Å². The van der Waals surface area contributed by atoms with Crippen molar-refractivity contribution in [2.75, 3.05) is 19.6 Å². The molecule has 2 N–H and O–H groups in total. The van der Waals surface area contributed by atoms with Gasteiger partial charge in [-0.1, -0.05) is 0 Å². The first-order valence-electron chi connectivity index (χ1n) is 8.77. The van der Waals surface area contributed by atoms with Crippen LogP contribution < -0.4 is 10.6 Å². The van der Waals surface area contributed by atoms with Crippen molar-refractivity contribution < 1.29 is 14.3 Å². The molecule has 1 aliphatic heterocycles. The molecule has 2 rings (SSSR count). The Bertz CT molecular complexity index is 595. The average molecular weight is 368 g/mol. The normalized spacial score (nSPS) is 16.0. The van der Waals surface area contributed by atoms with Gasteiger partial charge < -0.3 is 15.4 Å². The van der Waals surface area contributed by atoms with Crippen molar-refractivity contribution >= 4 is 23.3 Å². The molecule has 0 bridgehead atoms. The van der Waals surface area contributed by atoms with Crippen LogP contribution >= 0.6 is 11.3 Å². The Morgan fingerprint density at radius 3 is 2.84 bits per heavy atom. The van der Waals surface area contributed by atoms with Crippen LogP contribution in [-0.4, -0.2) is 48.2 Å². The van der Waals surface area contributed by atoms with Gasteiger partial charge in [0.15, 0.2) is 0 Å². The molecule has 0 aliphatic carbocycles. The SMILES string of the molecule is CC(CNC(=O)CCNC(=O)OC(C)(C)C)N1CCc2sccc2C1. The summed E-state index contributed by atoms with van der Waals surface area (Å²) in [5.74, 6) is -0.0591. The van der Waals surface area contributed by atoms with Crippen LogP contribution in [0.15, 0.2) is 11.4 Å². The van der Waals surface area contributed by atoms with Gasteiger partial charge in [-0.25, -0.2) is 4.79 Å². The van der Waals surface area contributed by atoms with Gasteiger partial charge in [0.05, 0.1) is 0 Å². The second kappa shape index (κ2) is 8.67. The molecule has 7 heteroatoms. The Morgan fingerprint density at radius 2 is 2.12 bits per heavy atom. The molecule has 0 aromatic carbocycles. The molecule has 6 nitrogen and oxygen atoms in total. The van der Waals surface area contributed by atoms with Crippen LogP contribution in [0.4, 0.5) is 4.79 Å². The Balaban J connectivity index is 1.62. The van der Waals surface area contributed by atoms with Gasteiger partial charge in [-0.05, 0) is 51.1 Å². The van der Waals surface area contributed by atoms with Crippen molar-refractivity contribution in [1.29, 1.82) is 0 Å². The lowest BCUT2D eigenvalue weighted by atomic mass is 10.1. The summed E-state index contributed by atoms with van der Waals surface area (Å²) in [6.07, 6.45) is 0.847. The number of hydrogen-bond donors (Lipinski definition) is 2. The van der Waals surface area contributed by atoms with Crippen LogP contribution in [0, 0.1) is 0 Å². The van der Waals surface area contributed by atoms with Crippen molar-refractivity contribution in [3.8, 4) is 0 Å². The highest BCUT2D eigenvalue weighted by molar-refractivity contribution is 7.10. The molecule has 1 atom stereocenters. The number of carbonyl (C=O) groups excluding carboxylic acids is 2. The summed E-state index contributed by atoms with van der Waals surface area (Å²) in [5, 5.41) is 7.70. The number of nitrogens with zero attached hydrogens (tertiary/aromatic N) is 1. The third kappa shape index (κ3) is 6.66. The fourth-order valence-corrected chi connectivity index (χ4v) is 3.61. The second-order valence-electron chi connectivity index (χ2n) is 7.42. The van der Waals surface area contributed by atoms with Crippen LogP contribution in [0.1, 0.15) is 44.6 Å². The standard InChI is InChI=1S/C18H29N3O3S/c1-13(21-9-6-15-14(12-21)7-10-25-15)11-20-16(22)5-8-19-17(23)24-18(2,3)4/h7,10,13H,5-6,8-9,11-12H2,1-4H3,(H,19,23)(H,20,22). The topological polar surface area (TPSA) is 70.7 Å². The smallest absolute Gasteiger partial charge is 0.407 e. The lowest BCUT2D eigenvalue weighted by molar-refractivity contribution is -0.121. The van der Waals surface area contributed by atoms with Gasteiger partial charge in [0, 0.05) is 43.5 Å². The first-order chi connectivity index (χ1) is 11.7. The predicted octanol–water partition coefficient (Wildman–Crippen LogP) is 2.53. The molecule has 0 fully saturated rings. The zero-order chi connectivity index (χ0) is 18.4. The van der Waals surface area contributed by atoms with E-state index in [-0.39, 0.29) is 24.9 Å². The van der Waals surface area contributed by atoms with E-state index in [1.807, 2.05) is 11.3 Å². The Morgan fingerprint density at radius 1 is 1.36 bits per heavy atom. The third-order valence-electron chi connectivity index (χ3n) is 4.08. The van der Waals surface area contributed by atoms with Crippen LogP contribution in [0.25, 0.3) is 0 Å². The highest BCUT2D eigenvalue weighted by atomic mass is 32.1. The molecule has 1 unspecified atom stereocenters. The molecule has 1 aromatic heterocycles. The van der Waals surface area contributed by atoms with Gasteiger partial charge >= 0.3 is 6.09 Å². The molecular weight excluding hydrogens is 338 g/mol. The maximum absolute atomic E-state index is 11.9. The van der Waals surface area contributed by atoms with Crippen molar-refractivity contribution in [3.63, 3.8) is 0 Å². The van der Waals surface area contributed by atoms with Crippen LogP contribution in [-0.2, 0) is 22.5 Å². The van der Waals surface area contributed by atoms with E-state index in [1.165, 1.54) is 10.4 Å². The fourth-order valence-electron chi connectivity index (χ4n) is 2.72. The van der Waals surface area contributed by atoms with Crippen LogP contribution in [0.2, 0.25) is 0 Å². The zero-order valence-corrected chi connectivity index (χ0v) is 16.4. The monoisotopic (exact) mass is 367 g/mol. The molecule has 0 saturated heterocycles. The average Bonchev–Trinajstić information content (AvgIpc) is 2.98. The minimum Gasteiger partial charge on any atom is -0.444 e. The summed E-state index contributed by atoms with van der Waals surface area (Å²) in [4.78, 5) is 27.3. The van der Waals surface area contributed by atoms with E-state index >= 15 is 0 Å². The van der Waals surface area contributed by atoms with E-state index in [4.69, 9.17) is 4.74 Å². The Labute approximate surface area is 153 Å². The van der Waals surface area contributed by atoms with E-state index in [2.05, 4.69) is 33.9 Å². The number of amides is 2. The number of alkyl carbamates (subject to hydrolysis) is 1. The summed E-state index contributed by atoms with van der Waals surface area (Å²) >= 11 is 1.83. The molecule has 0 radical (unpaired) electrons. The Kier molecular flexibility index (Phi) is 6.84. The van der Waals surface area contributed by atoms with Gasteiger partial charge in [-0.2, -0.15) is 0 Å². The highest BCUT2D eigenvalue weighted by Gasteiger charge is 2.21. The minimum atomic E-state index is -0.529. The molecular formula is C18H29N3O3S. The van der Waals surface area contributed by atoms with Crippen molar-refractivity contribution in [1.82, 2.24) is 15.5 Å². The second-order valence-corrected chi connectivity index (χ2v) is 8.42. The predicted molar refractivity (Wildman–Crippen MR) is 99.8 cm³/mol. The zero-order valence-electron chi connectivity index (χ0n) is 15.6. The molecule has 1 aromatic rings. The van der Waals surface area contributed by atoms with E-state index in [9.17, 15) is 9.59 Å². The maximum Gasteiger partial charge on any atom is 0.407 e. The number of thiophene rings is 1. The molecule has 2 amide bonds. The minimum absolute atomic E-state index is 0.0591. The number of ether oxygens (including phenoxy) is 1. The van der Waals surface area contributed by atoms with Gasteiger partial charge in [-0.15, -0.1) is 11.3 Å². The first kappa shape index (κ1) is 19.7. The summed E-state index contributed by atoms with van der Waals surface area (Å²) in [6, 6.07) is 2.48. The number of hydrogen-bond acceptors (Lipinski definition) is 5. The Hall–Kier alpha value is -1.60. The molecule has 1 aliphatic rings. The van der Waals surface area contributed by atoms with E-state index in [0.717, 1.165) is 19.5 Å². The number of carbonyl (C=O) groups is 2. The number of rotatable bonds is 6. The summed E-state index contributed by atoms with van der Waals surface area (Å²) in [5.41, 5.74) is 0.884. The molecule has 140 valence electrons. The largest absolute Gasteiger partial charge is 0.444 e.